The first-order valence-electron chi connectivity index (χ1n) is 8.40. The second-order valence-corrected chi connectivity index (χ2v) is 6.64. The van der Waals surface area contributed by atoms with Gasteiger partial charge in [0.1, 0.15) is 5.75 Å². The Balaban J connectivity index is 1.79. The molecule has 2 fully saturated rings. The van der Waals surface area contributed by atoms with Crippen LogP contribution < -0.4 is 10.5 Å². The van der Waals surface area contributed by atoms with Gasteiger partial charge in [0.25, 0.3) is 0 Å². The van der Waals surface area contributed by atoms with Crippen LogP contribution in [0.1, 0.15) is 31.2 Å². The van der Waals surface area contributed by atoms with Crippen molar-refractivity contribution in [2.24, 2.45) is 10.7 Å². The fraction of sp³-hybridized carbons (Fsp3) is 0.611. The van der Waals surface area contributed by atoms with Gasteiger partial charge in [0, 0.05) is 31.7 Å². The van der Waals surface area contributed by atoms with Gasteiger partial charge in [0.2, 0.25) is 0 Å². The van der Waals surface area contributed by atoms with E-state index in [1.165, 1.54) is 18.4 Å². The predicted molar refractivity (Wildman–Crippen MR) is 92.0 cm³/mol. The van der Waals surface area contributed by atoms with E-state index in [1.54, 1.807) is 7.11 Å². The predicted octanol–water partition coefficient (Wildman–Crippen LogP) is 2.15. The van der Waals surface area contributed by atoms with Crippen molar-refractivity contribution < 1.29 is 9.47 Å². The van der Waals surface area contributed by atoms with Crippen LogP contribution in [-0.2, 0) is 10.2 Å². The summed E-state index contributed by atoms with van der Waals surface area (Å²) in [6.45, 7) is 2.27. The summed E-state index contributed by atoms with van der Waals surface area (Å²) in [6.07, 6.45) is 4.40. The summed E-state index contributed by atoms with van der Waals surface area (Å²) in [7, 11) is 3.73. The molecule has 1 heterocycles. The molecular formula is C18H27N3O2. The topological polar surface area (TPSA) is 60.1 Å². The minimum atomic E-state index is 0.0134. The van der Waals surface area contributed by atoms with Crippen LogP contribution in [0.15, 0.2) is 29.3 Å². The molecule has 1 aromatic rings. The number of aliphatic imine (C=N–C) groups is 1. The summed E-state index contributed by atoms with van der Waals surface area (Å²) < 4.78 is 10.9. The molecule has 5 heteroatoms. The highest BCUT2D eigenvalue weighted by molar-refractivity contribution is 5.78. The smallest absolute Gasteiger partial charge is 0.191 e. The van der Waals surface area contributed by atoms with Gasteiger partial charge in [-0.3, -0.25) is 4.99 Å². The molecule has 0 radical (unpaired) electrons. The largest absolute Gasteiger partial charge is 0.497 e. The Kier molecular flexibility index (Phi) is 4.76. The quantitative estimate of drug-likeness (QED) is 0.668. The maximum atomic E-state index is 6.18. The van der Waals surface area contributed by atoms with Crippen LogP contribution in [0.2, 0.25) is 0 Å². The number of hydrogen-bond acceptors (Lipinski definition) is 3. The van der Waals surface area contributed by atoms with E-state index in [2.05, 4.69) is 17.0 Å². The Morgan fingerprint density at radius 3 is 2.52 bits per heavy atom. The highest BCUT2D eigenvalue weighted by atomic mass is 16.5. The zero-order chi connectivity index (χ0) is 16.3. The van der Waals surface area contributed by atoms with E-state index in [4.69, 9.17) is 20.2 Å². The SMILES string of the molecule is COc1ccc(C2(CN=C(N)N(C)C3CC3)CCOCC2)cc1. The van der Waals surface area contributed by atoms with E-state index in [0.717, 1.165) is 31.8 Å². The molecule has 1 aliphatic heterocycles. The zero-order valence-electron chi connectivity index (χ0n) is 14.1. The van der Waals surface area contributed by atoms with Crippen LogP contribution in [0.25, 0.3) is 0 Å². The molecule has 0 atom stereocenters. The molecule has 23 heavy (non-hydrogen) atoms. The molecule has 5 nitrogen and oxygen atoms in total. The van der Waals surface area contributed by atoms with Gasteiger partial charge >= 0.3 is 0 Å². The Morgan fingerprint density at radius 2 is 1.96 bits per heavy atom. The maximum absolute atomic E-state index is 6.18. The van der Waals surface area contributed by atoms with Gasteiger partial charge in [-0.25, -0.2) is 0 Å². The van der Waals surface area contributed by atoms with Crippen molar-refractivity contribution in [2.75, 3.05) is 33.9 Å². The molecule has 1 saturated carbocycles. The fourth-order valence-electron chi connectivity index (χ4n) is 3.24. The molecule has 0 amide bonds. The Labute approximate surface area is 138 Å². The summed E-state index contributed by atoms with van der Waals surface area (Å²) >= 11 is 0. The number of nitrogens with zero attached hydrogens (tertiary/aromatic N) is 2. The average Bonchev–Trinajstić information content (AvgIpc) is 3.45. The first-order chi connectivity index (χ1) is 11.1. The number of methoxy groups -OCH3 is 1. The van der Waals surface area contributed by atoms with Crippen molar-refractivity contribution in [3.8, 4) is 5.75 Å². The molecule has 0 spiro atoms. The zero-order valence-corrected chi connectivity index (χ0v) is 14.1. The monoisotopic (exact) mass is 317 g/mol. The minimum Gasteiger partial charge on any atom is -0.497 e. The third kappa shape index (κ3) is 3.61. The Hall–Kier alpha value is -1.75. The lowest BCUT2D eigenvalue weighted by Crippen LogP contribution is -2.40. The normalized spacial score (nSPS) is 21.0. The van der Waals surface area contributed by atoms with Crippen LogP contribution in [0.3, 0.4) is 0 Å². The molecule has 3 rings (SSSR count). The second-order valence-electron chi connectivity index (χ2n) is 6.64. The van der Waals surface area contributed by atoms with Gasteiger partial charge in [-0.2, -0.15) is 0 Å². The number of nitrogens with two attached hydrogens (primary N) is 1. The standard InChI is InChI=1S/C18H27N3O2/c1-21(15-5-6-15)17(19)20-13-18(9-11-23-12-10-18)14-3-7-16(22-2)8-4-14/h3-4,7-8,15H,5-6,9-13H2,1-2H3,(H2,19,20). The van der Waals surface area contributed by atoms with E-state index in [-0.39, 0.29) is 5.41 Å². The van der Waals surface area contributed by atoms with Crippen LogP contribution >= 0.6 is 0 Å². The molecule has 0 aromatic heterocycles. The molecule has 0 bridgehead atoms. The molecule has 1 aromatic carbocycles. The first kappa shape index (κ1) is 16.1. The van der Waals surface area contributed by atoms with Crippen molar-refractivity contribution in [1.29, 1.82) is 0 Å². The Morgan fingerprint density at radius 1 is 1.30 bits per heavy atom. The lowest BCUT2D eigenvalue weighted by atomic mass is 9.74. The van der Waals surface area contributed by atoms with E-state index >= 15 is 0 Å². The third-order valence-corrected chi connectivity index (χ3v) is 5.15. The minimum absolute atomic E-state index is 0.0134. The Bertz CT molecular complexity index is 546. The third-order valence-electron chi connectivity index (χ3n) is 5.15. The van der Waals surface area contributed by atoms with Crippen LogP contribution in [0.4, 0.5) is 0 Å². The highest BCUT2D eigenvalue weighted by Crippen LogP contribution is 2.36. The van der Waals surface area contributed by atoms with Gasteiger partial charge in [-0.05, 0) is 43.4 Å². The highest BCUT2D eigenvalue weighted by Gasteiger charge is 2.35. The molecule has 126 valence electrons. The van der Waals surface area contributed by atoms with E-state index in [9.17, 15) is 0 Å². The summed E-state index contributed by atoms with van der Waals surface area (Å²) in [6, 6.07) is 8.94. The van der Waals surface area contributed by atoms with E-state index < -0.39 is 0 Å². The average molecular weight is 317 g/mol. The van der Waals surface area contributed by atoms with Gasteiger partial charge in [0.05, 0.1) is 13.7 Å². The summed E-state index contributed by atoms with van der Waals surface area (Å²) in [5.41, 5.74) is 7.49. The second kappa shape index (κ2) is 6.79. The number of hydrogen-bond donors (Lipinski definition) is 1. The van der Waals surface area contributed by atoms with Gasteiger partial charge in [-0.15, -0.1) is 0 Å². The number of ether oxygens (including phenoxy) is 2. The molecule has 1 aliphatic carbocycles. The van der Waals surface area contributed by atoms with Crippen molar-refractivity contribution >= 4 is 5.96 Å². The molecular weight excluding hydrogens is 290 g/mol. The number of rotatable bonds is 5. The van der Waals surface area contributed by atoms with E-state index in [1.807, 2.05) is 19.2 Å². The molecule has 1 saturated heterocycles. The van der Waals surface area contributed by atoms with Crippen LogP contribution in [0, 0.1) is 0 Å². The van der Waals surface area contributed by atoms with Crippen molar-refractivity contribution in [2.45, 2.75) is 37.1 Å². The number of benzene rings is 1. The van der Waals surface area contributed by atoms with Gasteiger partial charge in [-0.1, -0.05) is 12.1 Å². The van der Waals surface area contributed by atoms with E-state index in [0.29, 0.717) is 18.5 Å². The van der Waals surface area contributed by atoms with Crippen molar-refractivity contribution in [3.05, 3.63) is 29.8 Å². The van der Waals surface area contributed by atoms with Crippen molar-refractivity contribution in [3.63, 3.8) is 0 Å². The molecule has 2 N–H and O–H groups in total. The van der Waals surface area contributed by atoms with Crippen molar-refractivity contribution in [1.82, 2.24) is 4.90 Å². The van der Waals surface area contributed by atoms with Crippen LogP contribution in [0.5, 0.6) is 5.75 Å². The van der Waals surface area contributed by atoms with Gasteiger partial charge < -0.3 is 20.1 Å². The summed E-state index contributed by atoms with van der Waals surface area (Å²) in [4.78, 5) is 6.85. The maximum Gasteiger partial charge on any atom is 0.191 e. The number of guanidine groups is 1. The molecule has 2 aliphatic rings. The van der Waals surface area contributed by atoms with Crippen LogP contribution in [-0.4, -0.2) is 50.8 Å². The lowest BCUT2D eigenvalue weighted by molar-refractivity contribution is 0.0530. The molecule has 0 unspecified atom stereocenters. The fourth-order valence-corrected chi connectivity index (χ4v) is 3.24. The summed E-state index contributed by atoms with van der Waals surface area (Å²) in [5.74, 6) is 1.54. The summed E-state index contributed by atoms with van der Waals surface area (Å²) in [5, 5.41) is 0. The van der Waals surface area contributed by atoms with Gasteiger partial charge in [0.15, 0.2) is 5.96 Å². The lowest BCUT2D eigenvalue weighted by Gasteiger charge is -2.37. The first-order valence-corrected chi connectivity index (χ1v) is 8.40.